The number of aromatic nitrogens is 2. The van der Waals surface area contributed by atoms with Gasteiger partial charge in [0.25, 0.3) is 0 Å². The molecule has 1 fully saturated rings. The van der Waals surface area contributed by atoms with Crippen LogP contribution in [-0.4, -0.2) is 23.4 Å². The fourth-order valence-corrected chi connectivity index (χ4v) is 2.14. The summed E-state index contributed by atoms with van der Waals surface area (Å²) in [4.78, 5) is 4.33. The lowest BCUT2D eigenvalue weighted by Gasteiger charge is -1.96. The maximum Gasteiger partial charge on any atom is 0.231 e. The number of rotatable bonds is 5. The van der Waals surface area contributed by atoms with E-state index < -0.39 is 0 Å². The van der Waals surface area contributed by atoms with Crippen LogP contribution >= 0.6 is 0 Å². The number of nitriles is 1. The summed E-state index contributed by atoms with van der Waals surface area (Å²) < 4.78 is 10.5. The molecule has 1 aromatic heterocycles. The van der Waals surface area contributed by atoms with Gasteiger partial charge >= 0.3 is 0 Å². The number of ether oxygens (including phenoxy) is 1. The number of nitrogens with zero attached hydrogens (tertiary/aromatic N) is 3. The Kier molecular flexibility index (Phi) is 3.16. The highest BCUT2D eigenvalue weighted by Gasteiger charge is 2.62. The molecule has 1 saturated carbocycles. The molecule has 2 atom stereocenters. The van der Waals surface area contributed by atoms with E-state index in [-0.39, 0.29) is 17.3 Å². The van der Waals surface area contributed by atoms with E-state index in [0.29, 0.717) is 31.3 Å². The van der Waals surface area contributed by atoms with E-state index in [1.165, 1.54) is 0 Å². The normalized spacial score (nSPS) is 25.5. The van der Waals surface area contributed by atoms with Crippen molar-refractivity contribution in [2.45, 2.75) is 33.1 Å². The molecule has 1 aliphatic carbocycles. The van der Waals surface area contributed by atoms with Gasteiger partial charge in [0.1, 0.15) is 0 Å². The van der Waals surface area contributed by atoms with Crippen molar-refractivity contribution in [1.29, 1.82) is 5.26 Å². The van der Waals surface area contributed by atoms with Crippen LogP contribution in [0, 0.1) is 22.7 Å². The molecule has 0 spiro atoms. The van der Waals surface area contributed by atoms with Gasteiger partial charge in [0.15, 0.2) is 5.82 Å². The van der Waals surface area contributed by atoms with Crippen molar-refractivity contribution < 1.29 is 9.26 Å². The second-order valence-electron chi connectivity index (χ2n) is 4.90. The van der Waals surface area contributed by atoms with Gasteiger partial charge in [-0.25, -0.2) is 0 Å². The molecule has 0 bridgehead atoms. The lowest BCUT2D eigenvalue weighted by molar-refractivity contribution is 0.149. The minimum absolute atomic E-state index is 0.0114. The van der Waals surface area contributed by atoms with E-state index in [2.05, 4.69) is 30.1 Å². The van der Waals surface area contributed by atoms with Gasteiger partial charge in [-0.2, -0.15) is 10.2 Å². The Morgan fingerprint density at radius 2 is 2.29 bits per heavy atom. The van der Waals surface area contributed by atoms with Crippen molar-refractivity contribution >= 4 is 0 Å². The van der Waals surface area contributed by atoms with Gasteiger partial charge in [-0.15, -0.1) is 0 Å². The predicted molar refractivity (Wildman–Crippen MR) is 60.1 cm³/mol. The van der Waals surface area contributed by atoms with E-state index in [0.717, 1.165) is 0 Å². The van der Waals surface area contributed by atoms with Crippen molar-refractivity contribution in [2.24, 2.45) is 11.3 Å². The molecule has 0 aromatic carbocycles. The Bertz CT molecular complexity index is 433. The summed E-state index contributed by atoms with van der Waals surface area (Å²) in [6.07, 6.45) is 0.654. The van der Waals surface area contributed by atoms with Gasteiger partial charge < -0.3 is 9.26 Å². The Morgan fingerprint density at radius 3 is 2.88 bits per heavy atom. The molecule has 5 heteroatoms. The Balaban J connectivity index is 1.98. The van der Waals surface area contributed by atoms with E-state index in [1.54, 1.807) is 0 Å². The molecule has 0 radical (unpaired) electrons. The van der Waals surface area contributed by atoms with Gasteiger partial charge in [-0.1, -0.05) is 19.0 Å². The van der Waals surface area contributed by atoms with Gasteiger partial charge in [0.2, 0.25) is 5.89 Å². The molecule has 17 heavy (non-hydrogen) atoms. The van der Waals surface area contributed by atoms with E-state index in [1.807, 2.05) is 6.92 Å². The minimum Gasteiger partial charge on any atom is -0.381 e. The van der Waals surface area contributed by atoms with Crippen LogP contribution < -0.4 is 0 Å². The van der Waals surface area contributed by atoms with Gasteiger partial charge in [0.05, 0.1) is 24.5 Å². The van der Waals surface area contributed by atoms with Crippen LogP contribution in [0.15, 0.2) is 4.52 Å². The molecule has 92 valence electrons. The molecule has 1 heterocycles. The minimum atomic E-state index is -0.0432. The molecular formula is C12H17N3O2. The van der Waals surface area contributed by atoms with Crippen LogP contribution in [0.2, 0.25) is 0 Å². The fourth-order valence-electron chi connectivity index (χ4n) is 2.14. The van der Waals surface area contributed by atoms with Crippen molar-refractivity contribution in [3.8, 4) is 6.07 Å². The summed E-state index contributed by atoms with van der Waals surface area (Å²) in [7, 11) is 0. The highest BCUT2D eigenvalue weighted by molar-refractivity contribution is 5.26. The molecule has 2 rings (SSSR count). The van der Waals surface area contributed by atoms with Crippen LogP contribution in [-0.2, 0) is 11.2 Å². The molecule has 1 aliphatic rings. The number of hydrogen-bond donors (Lipinski definition) is 0. The first-order chi connectivity index (χ1) is 8.11. The summed E-state index contributed by atoms with van der Waals surface area (Å²) in [5.41, 5.74) is -0.0432. The van der Waals surface area contributed by atoms with Crippen LogP contribution in [0.5, 0.6) is 0 Å². The Hall–Kier alpha value is -1.41. The Morgan fingerprint density at radius 1 is 1.53 bits per heavy atom. The van der Waals surface area contributed by atoms with Crippen molar-refractivity contribution in [2.75, 3.05) is 13.2 Å². The zero-order chi connectivity index (χ0) is 12.5. The van der Waals surface area contributed by atoms with E-state index >= 15 is 0 Å². The monoisotopic (exact) mass is 235 g/mol. The molecule has 0 aliphatic heterocycles. The highest BCUT2D eigenvalue weighted by Crippen LogP contribution is 2.63. The first-order valence-corrected chi connectivity index (χ1v) is 5.91. The van der Waals surface area contributed by atoms with E-state index in [9.17, 15) is 0 Å². The average molecular weight is 235 g/mol. The maximum absolute atomic E-state index is 8.99. The van der Waals surface area contributed by atoms with Crippen LogP contribution in [0.1, 0.15) is 38.4 Å². The smallest absolute Gasteiger partial charge is 0.231 e. The van der Waals surface area contributed by atoms with Crippen molar-refractivity contribution in [3.63, 3.8) is 0 Å². The third-order valence-corrected chi connectivity index (χ3v) is 3.39. The predicted octanol–water partition coefficient (Wildman–Crippen LogP) is 1.91. The van der Waals surface area contributed by atoms with E-state index in [4.69, 9.17) is 14.5 Å². The second kappa shape index (κ2) is 4.46. The SMILES string of the molecule is CCOCCc1noc(C2C(C#N)C2(C)C)n1. The van der Waals surface area contributed by atoms with Gasteiger partial charge in [-0.05, 0) is 12.3 Å². The first kappa shape index (κ1) is 12.1. The first-order valence-electron chi connectivity index (χ1n) is 5.91. The molecular weight excluding hydrogens is 218 g/mol. The molecule has 1 aromatic rings. The zero-order valence-corrected chi connectivity index (χ0v) is 10.4. The lowest BCUT2D eigenvalue weighted by Crippen LogP contribution is -1.99. The summed E-state index contributed by atoms with van der Waals surface area (Å²) in [6.45, 7) is 7.35. The standard InChI is InChI=1S/C12H17N3O2/c1-4-16-6-5-9-14-11(17-15-9)10-8(7-13)12(10,2)3/h8,10H,4-6H2,1-3H3. The summed E-state index contributed by atoms with van der Waals surface area (Å²) >= 11 is 0. The second-order valence-corrected chi connectivity index (χ2v) is 4.90. The summed E-state index contributed by atoms with van der Waals surface area (Å²) in [6, 6.07) is 2.29. The summed E-state index contributed by atoms with van der Waals surface area (Å²) in [5.74, 6) is 1.32. The largest absolute Gasteiger partial charge is 0.381 e. The lowest BCUT2D eigenvalue weighted by atomic mass is 10.1. The summed E-state index contributed by atoms with van der Waals surface area (Å²) in [5, 5.41) is 12.9. The van der Waals surface area contributed by atoms with Crippen LogP contribution in [0.4, 0.5) is 0 Å². The molecule has 2 unspecified atom stereocenters. The maximum atomic E-state index is 8.99. The molecule has 0 N–H and O–H groups in total. The number of hydrogen-bond acceptors (Lipinski definition) is 5. The van der Waals surface area contributed by atoms with Crippen LogP contribution in [0.25, 0.3) is 0 Å². The quantitative estimate of drug-likeness (QED) is 0.729. The Labute approximate surface area is 101 Å². The molecule has 0 saturated heterocycles. The van der Waals surface area contributed by atoms with Gasteiger partial charge in [0, 0.05) is 13.0 Å². The zero-order valence-electron chi connectivity index (χ0n) is 10.4. The average Bonchev–Trinajstić information content (AvgIpc) is 2.65. The molecule has 0 amide bonds. The third-order valence-electron chi connectivity index (χ3n) is 3.39. The van der Waals surface area contributed by atoms with Crippen LogP contribution in [0.3, 0.4) is 0 Å². The third kappa shape index (κ3) is 2.18. The van der Waals surface area contributed by atoms with Crippen molar-refractivity contribution in [3.05, 3.63) is 11.7 Å². The topological polar surface area (TPSA) is 71.9 Å². The van der Waals surface area contributed by atoms with Gasteiger partial charge in [-0.3, -0.25) is 0 Å². The van der Waals surface area contributed by atoms with Crippen molar-refractivity contribution in [1.82, 2.24) is 10.1 Å². The highest BCUT2D eigenvalue weighted by atomic mass is 16.5. The fraction of sp³-hybridized carbons (Fsp3) is 0.750. The molecule has 5 nitrogen and oxygen atoms in total.